The molecule has 16 heavy (non-hydrogen) atoms. The van der Waals surface area contributed by atoms with Gasteiger partial charge in [0.15, 0.2) is 0 Å². The van der Waals surface area contributed by atoms with Crippen molar-refractivity contribution in [1.29, 1.82) is 0 Å². The summed E-state index contributed by atoms with van der Waals surface area (Å²) in [5.74, 6) is -11.0. The molecule has 0 aliphatic heterocycles. The fourth-order valence-corrected chi connectivity index (χ4v) is 0.961. The summed E-state index contributed by atoms with van der Waals surface area (Å²) in [5, 5.41) is 0. The molecule has 0 aliphatic carbocycles. The summed E-state index contributed by atoms with van der Waals surface area (Å²) in [4.78, 5) is 0. The van der Waals surface area contributed by atoms with Crippen molar-refractivity contribution < 1.29 is 30.7 Å². The molecule has 0 amide bonds. The van der Waals surface area contributed by atoms with Crippen LogP contribution in [0.4, 0.5) is 30.7 Å². The first-order chi connectivity index (χ1) is 6.56. The molecule has 94 valence electrons. The van der Waals surface area contributed by atoms with Gasteiger partial charge in [0.05, 0.1) is 0 Å². The molecular weight excluding hydrogens is 366 g/mol. The van der Waals surface area contributed by atoms with Crippen LogP contribution in [0.15, 0.2) is 0 Å². The second-order valence-corrected chi connectivity index (χ2v) is 3.23. The maximum atomic E-state index is 12.6. The molecule has 8 heteroatoms. The molecule has 0 spiro atoms. The first-order valence-electron chi connectivity index (χ1n) is 4.38. The van der Waals surface area contributed by atoms with Crippen molar-refractivity contribution in [1.82, 2.24) is 0 Å². The predicted molar refractivity (Wildman–Crippen MR) is 45.8 cm³/mol. The SMILES string of the molecule is CCCCCC(F)(F)C(F)(F)C(F)(F)F.[Ba]. The topological polar surface area (TPSA) is 0 Å². The number of hydrogen-bond donors (Lipinski definition) is 0. The van der Waals surface area contributed by atoms with Crippen LogP contribution < -0.4 is 0 Å². The third kappa shape index (κ3) is 4.75. The molecule has 0 heterocycles. The molecule has 0 aromatic heterocycles. The van der Waals surface area contributed by atoms with Crippen LogP contribution in [0, 0.1) is 0 Å². The van der Waals surface area contributed by atoms with Crippen molar-refractivity contribution in [3.8, 4) is 0 Å². The Bertz CT molecular complexity index is 199. The van der Waals surface area contributed by atoms with E-state index in [2.05, 4.69) is 0 Å². The Hall–Kier alpha value is 1.08. The van der Waals surface area contributed by atoms with Gasteiger partial charge in [-0.05, 0) is 6.42 Å². The quantitative estimate of drug-likeness (QED) is 0.386. The fraction of sp³-hybridized carbons (Fsp3) is 1.00. The van der Waals surface area contributed by atoms with Gasteiger partial charge in [0.1, 0.15) is 0 Å². The van der Waals surface area contributed by atoms with Crippen molar-refractivity contribution in [2.24, 2.45) is 0 Å². The molecule has 0 aliphatic rings. The minimum atomic E-state index is -6.21. The molecule has 0 unspecified atom stereocenters. The third-order valence-corrected chi connectivity index (χ3v) is 1.91. The van der Waals surface area contributed by atoms with Gasteiger partial charge in [-0.25, -0.2) is 0 Å². The average Bonchev–Trinajstić information content (AvgIpc) is 2.02. The van der Waals surface area contributed by atoms with E-state index >= 15 is 0 Å². The van der Waals surface area contributed by atoms with E-state index in [1.54, 1.807) is 6.92 Å². The summed E-state index contributed by atoms with van der Waals surface area (Å²) >= 11 is 0. The summed E-state index contributed by atoms with van der Waals surface area (Å²) in [5.41, 5.74) is 0. The van der Waals surface area contributed by atoms with Crippen LogP contribution in [0.2, 0.25) is 0 Å². The smallest absolute Gasteiger partial charge is 0.200 e. The Morgan fingerprint density at radius 1 is 0.812 bits per heavy atom. The molecule has 0 aromatic carbocycles. The molecule has 0 aromatic rings. The van der Waals surface area contributed by atoms with Crippen molar-refractivity contribution in [3.05, 3.63) is 0 Å². The molecule has 0 nitrogen and oxygen atoms in total. The van der Waals surface area contributed by atoms with Crippen LogP contribution in [0.3, 0.4) is 0 Å². The van der Waals surface area contributed by atoms with Crippen molar-refractivity contribution in [2.75, 3.05) is 0 Å². The summed E-state index contributed by atoms with van der Waals surface area (Å²) < 4.78 is 84.4. The summed E-state index contributed by atoms with van der Waals surface area (Å²) in [7, 11) is 0. The van der Waals surface area contributed by atoms with Crippen LogP contribution in [0.5, 0.6) is 0 Å². The number of unbranched alkanes of at least 4 members (excludes halogenated alkanes) is 2. The minimum absolute atomic E-state index is 0. The van der Waals surface area contributed by atoms with Gasteiger partial charge in [-0.15, -0.1) is 0 Å². The normalized spacial score (nSPS) is 13.5. The monoisotopic (exact) mass is 378 g/mol. The number of hydrogen-bond acceptors (Lipinski definition) is 0. The van der Waals surface area contributed by atoms with Crippen LogP contribution in [0.1, 0.15) is 32.6 Å². The molecular formula is C8H11BaF7. The molecule has 0 bridgehead atoms. The Labute approximate surface area is 129 Å². The van der Waals surface area contributed by atoms with Gasteiger partial charge in [-0.1, -0.05) is 19.8 Å². The zero-order chi connectivity index (χ0) is 12.3. The largest absolute Gasteiger partial charge is 0.459 e. The van der Waals surface area contributed by atoms with Gasteiger partial charge in [0.25, 0.3) is 0 Å². The molecule has 0 N–H and O–H groups in total. The maximum Gasteiger partial charge on any atom is 0.459 e. The van der Waals surface area contributed by atoms with Gasteiger partial charge >= 0.3 is 18.0 Å². The summed E-state index contributed by atoms with van der Waals surface area (Å²) in [6.07, 6.45) is -7.34. The van der Waals surface area contributed by atoms with E-state index in [0.717, 1.165) is 0 Å². The molecule has 0 saturated heterocycles. The maximum absolute atomic E-state index is 12.6. The molecule has 0 atom stereocenters. The summed E-state index contributed by atoms with van der Waals surface area (Å²) in [6.45, 7) is 1.63. The van der Waals surface area contributed by atoms with E-state index in [4.69, 9.17) is 0 Å². The number of alkyl halides is 7. The standard InChI is InChI=1S/C8H11F7.Ba/c1-2-3-4-5-6(9,10)7(11,12)8(13,14)15;/h2-5H2,1H3;. The fourth-order valence-electron chi connectivity index (χ4n) is 0.961. The van der Waals surface area contributed by atoms with Gasteiger partial charge in [0, 0.05) is 55.3 Å². The summed E-state index contributed by atoms with van der Waals surface area (Å²) in [6, 6.07) is 0. The van der Waals surface area contributed by atoms with Gasteiger partial charge in [-0.3, -0.25) is 0 Å². The van der Waals surface area contributed by atoms with Gasteiger partial charge in [0.2, 0.25) is 0 Å². The number of rotatable bonds is 5. The predicted octanol–water partition coefficient (Wildman–Crippen LogP) is 4.02. The van der Waals surface area contributed by atoms with E-state index in [1.807, 2.05) is 0 Å². The molecule has 0 saturated carbocycles. The molecule has 2 radical (unpaired) electrons. The second-order valence-electron chi connectivity index (χ2n) is 3.23. The Morgan fingerprint density at radius 2 is 1.25 bits per heavy atom. The molecule has 0 rings (SSSR count). The van der Waals surface area contributed by atoms with Crippen LogP contribution in [-0.2, 0) is 0 Å². The van der Waals surface area contributed by atoms with E-state index in [1.165, 1.54) is 0 Å². The number of halogens is 7. The van der Waals surface area contributed by atoms with Crippen LogP contribution >= 0.6 is 0 Å². The zero-order valence-corrected chi connectivity index (χ0v) is 13.1. The average molecular weight is 377 g/mol. The van der Waals surface area contributed by atoms with Crippen LogP contribution in [-0.4, -0.2) is 66.9 Å². The van der Waals surface area contributed by atoms with Gasteiger partial charge < -0.3 is 0 Å². The third-order valence-electron chi connectivity index (χ3n) is 1.91. The van der Waals surface area contributed by atoms with Crippen molar-refractivity contribution in [3.63, 3.8) is 0 Å². The van der Waals surface area contributed by atoms with Crippen LogP contribution in [0.25, 0.3) is 0 Å². The van der Waals surface area contributed by atoms with E-state index in [0.29, 0.717) is 6.42 Å². The van der Waals surface area contributed by atoms with Crippen molar-refractivity contribution >= 4 is 48.9 Å². The van der Waals surface area contributed by atoms with Crippen molar-refractivity contribution in [2.45, 2.75) is 50.6 Å². The van der Waals surface area contributed by atoms with Gasteiger partial charge in [-0.2, -0.15) is 30.7 Å². The minimum Gasteiger partial charge on any atom is -0.200 e. The second kappa shape index (κ2) is 6.87. The Balaban J connectivity index is 0. The molecule has 0 fully saturated rings. The Morgan fingerprint density at radius 3 is 1.56 bits per heavy atom. The first-order valence-corrected chi connectivity index (χ1v) is 4.38. The van der Waals surface area contributed by atoms with E-state index in [-0.39, 0.29) is 61.7 Å². The van der Waals surface area contributed by atoms with E-state index in [9.17, 15) is 30.7 Å². The van der Waals surface area contributed by atoms with E-state index < -0.39 is 24.4 Å². The Kier molecular flexibility index (Phi) is 8.33. The zero-order valence-electron chi connectivity index (χ0n) is 8.68. The first kappa shape index (κ1) is 19.4.